The summed E-state index contributed by atoms with van der Waals surface area (Å²) >= 11 is 0. The number of carbonyl (C=O) groups is 1. The van der Waals surface area contributed by atoms with Crippen LogP contribution in [0.15, 0.2) is 59.7 Å². The second-order valence-electron chi connectivity index (χ2n) is 5.46. The van der Waals surface area contributed by atoms with E-state index in [0.29, 0.717) is 5.69 Å². The molecule has 0 unspecified atom stereocenters. The standard InChI is InChI=1S/C19H17N3O2/c1-13-10-16(14(2)22(13)18-8-3-4-9-20-18)12-21-17-7-5-6-15(11-17)19(23)24/h3-12H,1-2H3,(H,23,24). The van der Waals surface area contributed by atoms with Crippen LogP contribution in [0.25, 0.3) is 5.82 Å². The lowest BCUT2D eigenvalue weighted by molar-refractivity contribution is 0.0697. The first-order valence-corrected chi connectivity index (χ1v) is 7.54. The fourth-order valence-corrected chi connectivity index (χ4v) is 2.62. The van der Waals surface area contributed by atoms with Crippen molar-refractivity contribution in [3.63, 3.8) is 0 Å². The van der Waals surface area contributed by atoms with Gasteiger partial charge in [-0.25, -0.2) is 9.78 Å². The third-order valence-corrected chi connectivity index (χ3v) is 3.79. The van der Waals surface area contributed by atoms with Crippen LogP contribution in [0.1, 0.15) is 27.3 Å². The van der Waals surface area contributed by atoms with Crippen molar-refractivity contribution in [1.82, 2.24) is 9.55 Å². The second kappa shape index (κ2) is 6.50. The highest BCUT2D eigenvalue weighted by atomic mass is 16.4. The molecule has 3 aromatic rings. The summed E-state index contributed by atoms with van der Waals surface area (Å²) in [5.74, 6) is -0.0968. The zero-order valence-corrected chi connectivity index (χ0v) is 13.5. The van der Waals surface area contributed by atoms with Gasteiger partial charge in [-0.15, -0.1) is 0 Å². The number of aryl methyl sites for hydroxylation is 1. The monoisotopic (exact) mass is 319 g/mol. The molecule has 2 aromatic heterocycles. The van der Waals surface area contributed by atoms with E-state index in [1.54, 1.807) is 36.7 Å². The van der Waals surface area contributed by atoms with Gasteiger partial charge >= 0.3 is 5.97 Å². The van der Waals surface area contributed by atoms with Crippen LogP contribution in [0.2, 0.25) is 0 Å². The van der Waals surface area contributed by atoms with Gasteiger partial charge in [0.25, 0.3) is 0 Å². The molecule has 0 spiro atoms. The minimum atomic E-state index is -0.958. The zero-order chi connectivity index (χ0) is 17.1. The number of carboxylic acid groups (broad SMARTS) is 1. The Hall–Kier alpha value is -3.21. The van der Waals surface area contributed by atoms with E-state index in [2.05, 4.69) is 14.5 Å². The van der Waals surface area contributed by atoms with Crippen LogP contribution in [0.3, 0.4) is 0 Å². The third-order valence-electron chi connectivity index (χ3n) is 3.79. The Morgan fingerprint density at radius 1 is 1.17 bits per heavy atom. The number of nitrogens with zero attached hydrogens (tertiary/aromatic N) is 3. The Balaban J connectivity index is 1.94. The summed E-state index contributed by atoms with van der Waals surface area (Å²) in [5.41, 5.74) is 3.90. The lowest BCUT2D eigenvalue weighted by Crippen LogP contribution is -2.01. The molecular weight excluding hydrogens is 302 g/mol. The van der Waals surface area contributed by atoms with Gasteiger partial charge in [-0.2, -0.15) is 0 Å². The van der Waals surface area contributed by atoms with Gasteiger partial charge in [0.15, 0.2) is 0 Å². The Kier molecular flexibility index (Phi) is 4.24. The average molecular weight is 319 g/mol. The van der Waals surface area contributed by atoms with Crippen molar-refractivity contribution < 1.29 is 9.90 Å². The maximum Gasteiger partial charge on any atom is 0.335 e. The predicted octanol–water partition coefficient (Wildman–Crippen LogP) is 3.94. The SMILES string of the molecule is Cc1cc(C=Nc2cccc(C(=O)O)c2)c(C)n1-c1ccccn1. The predicted molar refractivity (Wildman–Crippen MR) is 93.7 cm³/mol. The van der Waals surface area contributed by atoms with Crippen molar-refractivity contribution in [2.75, 3.05) is 0 Å². The van der Waals surface area contributed by atoms with Crippen molar-refractivity contribution in [3.05, 3.63) is 77.2 Å². The minimum Gasteiger partial charge on any atom is -0.478 e. The van der Waals surface area contributed by atoms with Crippen molar-refractivity contribution in [2.24, 2.45) is 4.99 Å². The lowest BCUT2D eigenvalue weighted by atomic mass is 10.2. The number of aliphatic imine (C=N–C) groups is 1. The van der Waals surface area contributed by atoms with Crippen LogP contribution in [0.4, 0.5) is 5.69 Å². The lowest BCUT2D eigenvalue weighted by Gasteiger charge is -2.07. The summed E-state index contributed by atoms with van der Waals surface area (Å²) in [6.07, 6.45) is 3.52. The van der Waals surface area contributed by atoms with Crippen molar-refractivity contribution in [1.29, 1.82) is 0 Å². The van der Waals surface area contributed by atoms with Gasteiger partial charge in [-0.1, -0.05) is 12.1 Å². The van der Waals surface area contributed by atoms with Crippen molar-refractivity contribution >= 4 is 17.9 Å². The van der Waals surface area contributed by atoms with Crippen LogP contribution < -0.4 is 0 Å². The van der Waals surface area contributed by atoms with Gasteiger partial charge in [0, 0.05) is 29.4 Å². The second-order valence-corrected chi connectivity index (χ2v) is 5.46. The molecule has 2 heterocycles. The molecular formula is C19H17N3O2. The summed E-state index contributed by atoms with van der Waals surface area (Å²) in [6, 6.07) is 14.4. The van der Waals surface area contributed by atoms with E-state index in [4.69, 9.17) is 5.11 Å². The molecule has 1 N–H and O–H groups in total. The highest BCUT2D eigenvalue weighted by Gasteiger charge is 2.10. The molecule has 0 aliphatic carbocycles. The van der Waals surface area contributed by atoms with E-state index < -0.39 is 5.97 Å². The minimum absolute atomic E-state index is 0.226. The number of carboxylic acids is 1. The molecule has 1 aromatic carbocycles. The van der Waals surface area contributed by atoms with E-state index in [-0.39, 0.29) is 5.56 Å². The molecule has 0 saturated heterocycles. The van der Waals surface area contributed by atoms with Crippen LogP contribution in [0.5, 0.6) is 0 Å². The van der Waals surface area contributed by atoms with E-state index in [1.165, 1.54) is 0 Å². The van der Waals surface area contributed by atoms with Gasteiger partial charge in [-0.3, -0.25) is 4.99 Å². The van der Waals surface area contributed by atoms with Crippen LogP contribution >= 0.6 is 0 Å². The van der Waals surface area contributed by atoms with E-state index >= 15 is 0 Å². The Morgan fingerprint density at radius 2 is 2.00 bits per heavy atom. The first-order valence-electron chi connectivity index (χ1n) is 7.54. The quantitative estimate of drug-likeness (QED) is 0.741. The largest absolute Gasteiger partial charge is 0.478 e. The summed E-state index contributed by atoms with van der Waals surface area (Å²) in [5, 5.41) is 9.04. The van der Waals surface area contributed by atoms with Gasteiger partial charge < -0.3 is 9.67 Å². The molecule has 0 atom stereocenters. The highest BCUT2D eigenvalue weighted by molar-refractivity contribution is 5.89. The molecule has 5 heteroatoms. The average Bonchev–Trinajstić information content (AvgIpc) is 2.88. The molecule has 0 amide bonds. The highest BCUT2D eigenvalue weighted by Crippen LogP contribution is 2.20. The first kappa shape index (κ1) is 15.7. The number of aromatic nitrogens is 2. The van der Waals surface area contributed by atoms with Gasteiger partial charge in [0.1, 0.15) is 5.82 Å². The summed E-state index contributed by atoms with van der Waals surface area (Å²) in [7, 11) is 0. The summed E-state index contributed by atoms with van der Waals surface area (Å²) in [4.78, 5) is 19.8. The van der Waals surface area contributed by atoms with Crippen molar-refractivity contribution in [3.8, 4) is 5.82 Å². The molecule has 3 rings (SSSR count). The van der Waals surface area contributed by atoms with Crippen LogP contribution in [-0.4, -0.2) is 26.8 Å². The topological polar surface area (TPSA) is 67.5 Å². The van der Waals surface area contributed by atoms with Gasteiger partial charge in [0.05, 0.1) is 11.3 Å². The van der Waals surface area contributed by atoms with E-state index in [0.717, 1.165) is 22.8 Å². The maximum absolute atomic E-state index is 11.0. The number of pyridine rings is 1. The summed E-state index contributed by atoms with van der Waals surface area (Å²) < 4.78 is 2.06. The third kappa shape index (κ3) is 3.10. The number of aromatic carboxylic acids is 1. The Labute approximate surface area is 139 Å². The fourth-order valence-electron chi connectivity index (χ4n) is 2.62. The smallest absolute Gasteiger partial charge is 0.335 e. The Bertz CT molecular complexity index is 912. The molecule has 0 fully saturated rings. The molecule has 0 aliphatic heterocycles. The number of hydrogen-bond acceptors (Lipinski definition) is 3. The number of hydrogen-bond donors (Lipinski definition) is 1. The molecule has 120 valence electrons. The molecule has 0 bridgehead atoms. The molecule has 0 radical (unpaired) electrons. The first-order chi connectivity index (χ1) is 11.6. The van der Waals surface area contributed by atoms with Gasteiger partial charge in [0.2, 0.25) is 0 Å². The van der Waals surface area contributed by atoms with E-state index in [9.17, 15) is 4.79 Å². The molecule has 5 nitrogen and oxygen atoms in total. The summed E-state index contributed by atoms with van der Waals surface area (Å²) in [6.45, 7) is 4.03. The number of rotatable bonds is 4. The molecule has 0 saturated carbocycles. The van der Waals surface area contributed by atoms with Crippen molar-refractivity contribution in [2.45, 2.75) is 13.8 Å². The molecule has 0 aliphatic rings. The van der Waals surface area contributed by atoms with Crippen LogP contribution in [0, 0.1) is 13.8 Å². The zero-order valence-electron chi connectivity index (χ0n) is 13.5. The Morgan fingerprint density at radius 3 is 2.71 bits per heavy atom. The van der Waals surface area contributed by atoms with Gasteiger partial charge in [-0.05, 0) is 50.2 Å². The fraction of sp³-hybridized carbons (Fsp3) is 0.105. The van der Waals surface area contributed by atoms with Crippen LogP contribution in [-0.2, 0) is 0 Å². The van der Waals surface area contributed by atoms with E-state index in [1.807, 2.05) is 38.1 Å². The normalized spacial score (nSPS) is 11.1. The molecule has 24 heavy (non-hydrogen) atoms. The number of benzene rings is 1. The maximum atomic E-state index is 11.0.